The molecule has 5 rings (SSSR count). The summed E-state index contributed by atoms with van der Waals surface area (Å²) >= 11 is 3.39. The summed E-state index contributed by atoms with van der Waals surface area (Å²) in [5, 5.41) is 0. The van der Waals surface area contributed by atoms with Crippen LogP contribution in [0.2, 0.25) is 0 Å². The number of rotatable bonds is 2. The quantitative estimate of drug-likeness (QED) is 0.522. The van der Waals surface area contributed by atoms with Crippen LogP contribution >= 0.6 is 15.9 Å². The maximum absolute atomic E-state index is 13.1. The number of benzene rings is 1. The predicted molar refractivity (Wildman–Crippen MR) is 105 cm³/mol. The van der Waals surface area contributed by atoms with Crippen molar-refractivity contribution in [2.75, 3.05) is 4.90 Å². The Morgan fingerprint density at radius 2 is 1.56 bits per heavy atom. The van der Waals surface area contributed by atoms with Crippen molar-refractivity contribution in [2.24, 2.45) is 29.6 Å². The average Bonchev–Trinajstić information content (AvgIpc) is 3.02. The lowest BCUT2D eigenvalue weighted by Crippen LogP contribution is -2.46. The van der Waals surface area contributed by atoms with E-state index in [1.807, 2.05) is 12.1 Å². The Hall–Kier alpha value is -1.75. The van der Waals surface area contributed by atoms with Gasteiger partial charge in [0, 0.05) is 16.8 Å². The first-order chi connectivity index (χ1) is 13.1. The fourth-order valence-electron chi connectivity index (χ4n) is 5.68. The van der Waals surface area contributed by atoms with Crippen molar-refractivity contribution in [3.8, 4) is 0 Å². The number of ketones is 1. The molecule has 4 nitrogen and oxygen atoms in total. The Morgan fingerprint density at radius 1 is 0.889 bits per heavy atom. The lowest BCUT2D eigenvalue weighted by Gasteiger charge is -2.41. The van der Waals surface area contributed by atoms with Gasteiger partial charge in [-0.3, -0.25) is 19.3 Å². The number of hydrogen-bond donors (Lipinski definition) is 0. The molecular formula is C22H22BrNO3. The minimum Gasteiger partial charge on any atom is -0.295 e. The van der Waals surface area contributed by atoms with Gasteiger partial charge in [0.05, 0.1) is 17.5 Å². The molecule has 0 bridgehead atoms. The smallest absolute Gasteiger partial charge is 0.238 e. The van der Waals surface area contributed by atoms with Gasteiger partial charge in [-0.2, -0.15) is 0 Å². The van der Waals surface area contributed by atoms with E-state index in [-0.39, 0.29) is 41.3 Å². The van der Waals surface area contributed by atoms with Crippen LogP contribution in [0.15, 0.2) is 40.4 Å². The van der Waals surface area contributed by atoms with E-state index in [1.54, 1.807) is 12.1 Å². The molecule has 3 aliphatic carbocycles. The summed E-state index contributed by atoms with van der Waals surface area (Å²) in [4.78, 5) is 40.1. The third-order valence-electron chi connectivity index (χ3n) is 6.96. The standard InChI is InChI=1S/C22H22BrNO3/c23-13-6-8-14(9-7-13)24-21(26)19-16-11-17(25)15(18(16)20(19)22(24)27)10-12-4-2-1-3-5-12/h6-10,12,16,18-20H,1-5,11H2/b15-10-/t16-,18+,19+,20-/m1/s1. The summed E-state index contributed by atoms with van der Waals surface area (Å²) in [6, 6.07) is 7.28. The Bertz CT molecular complexity index is 853. The number of anilines is 1. The number of allylic oxidation sites excluding steroid dienone is 2. The average molecular weight is 428 g/mol. The lowest BCUT2D eigenvalue weighted by atomic mass is 9.58. The van der Waals surface area contributed by atoms with Gasteiger partial charge in [-0.25, -0.2) is 0 Å². The van der Waals surface area contributed by atoms with Crippen LogP contribution in [0.3, 0.4) is 0 Å². The van der Waals surface area contributed by atoms with E-state index in [0.29, 0.717) is 18.0 Å². The molecule has 1 aromatic rings. The molecule has 0 aromatic heterocycles. The molecule has 3 saturated carbocycles. The maximum Gasteiger partial charge on any atom is 0.238 e. The number of hydrogen-bond acceptors (Lipinski definition) is 3. The van der Waals surface area contributed by atoms with Gasteiger partial charge in [-0.05, 0) is 54.5 Å². The fraction of sp³-hybridized carbons (Fsp3) is 0.500. The Labute approximate surface area is 167 Å². The van der Waals surface area contributed by atoms with Gasteiger partial charge in [-0.1, -0.05) is 41.3 Å². The monoisotopic (exact) mass is 427 g/mol. The maximum atomic E-state index is 13.1. The first-order valence-corrected chi connectivity index (χ1v) is 10.7. The van der Waals surface area contributed by atoms with E-state index in [4.69, 9.17) is 0 Å². The number of Topliss-reactive ketones (excluding diaryl/α,β-unsaturated/α-hetero) is 1. The molecule has 4 fully saturated rings. The molecule has 1 heterocycles. The number of fused-ring (bicyclic) bond motifs is 4. The second kappa shape index (κ2) is 6.40. The van der Waals surface area contributed by atoms with Crippen LogP contribution in [0.25, 0.3) is 0 Å². The van der Waals surface area contributed by atoms with Crippen molar-refractivity contribution in [1.82, 2.24) is 0 Å². The number of imide groups is 1. The van der Waals surface area contributed by atoms with E-state index in [0.717, 1.165) is 22.9 Å². The van der Waals surface area contributed by atoms with Gasteiger partial charge in [0.15, 0.2) is 5.78 Å². The summed E-state index contributed by atoms with van der Waals surface area (Å²) in [6.45, 7) is 0. The zero-order chi connectivity index (χ0) is 18.7. The van der Waals surface area contributed by atoms with Gasteiger partial charge in [0.25, 0.3) is 0 Å². The van der Waals surface area contributed by atoms with Gasteiger partial charge < -0.3 is 0 Å². The highest BCUT2D eigenvalue weighted by molar-refractivity contribution is 9.10. The molecule has 4 atom stereocenters. The lowest BCUT2D eigenvalue weighted by molar-refractivity contribution is -0.132. The van der Waals surface area contributed by atoms with Crippen LogP contribution in [0.1, 0.15) is 38.5 Å². The molecule has 1 aliphatic heterocycles. The van der Waals surface area contributed by atoms with Crippen molar-refractivity contribution >= 4 is 39.2 Å². The number of carbonyl (C=O) groups excluding carboxylic acids is 3. The largest absolute Gasteiger partial charge is 0.295 e. The number of carbonyl (C=O) groups is 3. The molecular weight excluding hydrogens is 406 g/mol. The Morgan fingerprint density at radius 3 is 2.26 bits per heavy atom. The summed E-state index contributed by atoms with van der Waals surface area (Å²) < 4.78 is 0.911. The van der Waals surface area contributed by atoms with Crippen molar-refractivity contribution in [3.05, 3.63) is 40.4 Å². The van der Waals surface area contributed by atoms with Gasteiger partial charge in [-0.15, -0.1) is 0 Å². The van der Waals surface area contributed by atoms with Crippen molar-refractivity contribution in [3.63, 3.8) is 0 Å². The highest BCUT2D eigenvalue weighted by atomic mass is 79.9. The molecule has 1 saturated heterocycles. The van der Waals surface area contributed by atoms with Crippen molar-refractivity contribution in [1.29, 1.82) is 0 Å². The zero-order valence-electron chi connectivity index (χ0n) is 15.1. The molecule has 140 valence electrons. The number of nitrogens with zero attached hydrogens (tertiary/aromatic N) is 1. The van der Waals surface area contributed by atoms with E-state index >= 15 is 0 Å². The van der Waals surface area contributed by atoms with Crippen LogP contribution in [0, 0.1) is 29.6 Å². The second-order valence-corrected chi connectivity index (χ2v) is 9.29. The van der Waals surface area contributed by atoms with Gasteiger partial charge >= 0.3 is 0 Å². The third kappa shape index (κ3) is 2.58. The Kier molecular flexibility index (Phi) is 4.12. The fourth-order valence-corrected chi connectivity index (χ4v) is 5.95. The molecule has 4 aliphatic rings. The Balaban J connectivity index is 1.44. The molecule has 1 aromatic carbocycles. The predicted octanol–water partition coefficient (Wildman–Crippen LogP) is 4.28. The zero-order valence-corrected chi connectivity index (χ0v) is 16.7. The third-order valence-corrected chi connectivity index (χ3v) is 7.49. The van der Waals surface area contributed by atoms with Crippen LogP contribution in [0.4, 0.5) is 5.69 Å². The van der Waals surface area contributed by atoms with E-state index in [9.17, 15) is 14.4 Å². The molecule has 0 spiro atoms. The first kappa shape index (κ1) is 17.4. The molecule has 27 heavy (non-hydrogen) atoms. The van der Waals surface area contributed by atoms with Crippen LogP contribution in [0.5, 0.6) is 0 Å². The van der Waals surface area contributed by atoms with Crippen LogP contribution in [-0.2, 0) is 14.4 Å². The minimum atomic E-state index is -0.340. The summed E-state index contributed by atoms with van der Waals surface area (Å²) in [5.41, 5.74) is 1.48. The number of amides is 2. The van der Waals surface area contributed by atoms with Crippen molar-refractivity contribution in [2.45, 2.75) is 38.5 Å². The van der Waals surface area contributed by atoms with Crippen LogP contribution in [-0.4, -0.2) is 17.6 Å². The minimum absolute atomic E-state index is 0.0224. The first-order valence-electron chi connectivity index (χ1n) is 9.94. The SMILES string of the molecule is O=C1C[C@H]2[C@@H]3C(=O)N(c4ccc(Br)cc4)C(=O)[C@@H]3[C@H]2/C1=C\C1CCCCC1. The van der Waals surface area contributed by atoms with Crippen molar-refractivity contribution < 1.29 is 14.4 Å². The van der Waals surface area contributed by atoms with Crippen LogP contribution < -0.4 is 4.90 Å². The molecule has 0 unspecified atom stereocenters. The van der Waals surface area contributed by atoms with E-state index in [2.05, 4.69) is 22.0 Å². The summed E-state index contributed by atoms with van der Waals surface area (Å²) in [5.74, 6) is -0.292. The molecule has 0 radical (unpaired) electrons. The topological polar surface area (TPSA) is 54.5 Å². The highest BCUT2D eigenvalue weighted by Gasteiger charge is 2.68. The summed E-state index contributed by atoms with van der Waals surface area (Å²) in [6.07, 6.45) is 8.59. The van der Waals surface area contributed by atoms with Gasteiger partial charge in [0.1, 0.15) is 0 Å². The van der Waals surface area contributed by atoms with E-state index < -0.39 is 0 Å². The van der Waals surface area contributed by atoms with E-state index in [1.165, 1.54) is 24.2 Å². The van der Waals surface area contributed by atoms with Gasteiger partial charge in [0.2, 0.25) is 11.8 Å². The summed E-state index contributed by atoms with van der Waals surface area (Å²) in [7, 11) is 0. The normalized spacial score (nSPS) is 34.8. The number of halogens is 1. The molecule has 0 N–H and O–H groups in total. The highest BCUT2D eigenvalue weighted by Crippen LogP contribution is 2.61. The second-order valence-electron chi connectivity index (χ2n) is 8.38. The molecule has 2 amide bonds. The molecule has 5 heteroatoms.